The lowest BCUT2D eigenvalue weighted by atomic mass is 10.2. The van der Waals surface area contributed by atoms with Crippen LogP contribution in [0.1, 0.15) is 16.2 Å². The molecule has 1 aromatic carbocycles. The highest BCUT2D eigenvalue weighted by molar-refractivity contribution is 6.44. The maximum absolute atomic E-state index is 12.3. The summed E-state index contributed by atoms with van der Waals surface area (Å²) in [5.41, 5.74) is 2.16. The lowest BCUT2D eigenvalue weighted by Crippen LogP contribution is -2.15. The Hall–Kier alpha value is -1.69. The normalized spacial score (nSPS) is 10.5. The number of aliphatic hydroxyl groups excluding tert-OH is 1. The highest BCUT2D eigenvalue weighted by Gasteiger charge is 2.18. The lowest BCUT2D eigenvalue weighted by molar-refractivity contribution is 0.102. The lowest BCUT2D eigenvalue weighted by Gasteiger charge is -2.12. The zero-order valence-electron chi connectivity index (χ0n) is 11.3. The van der Waals surface area contributed by atoms with E-state index in [0.29, 0.717) is 28.6 Å². The van der Waals surface area contributed by atoms with Gasteiger partial charge in [0, 0.05) is 12.2 Å². The molecule has 4 N–H and O–H groups in total. The largest absolute Gasteiger partial charge is 0.395 e. The van der Waals surface area contributed by atoms with Gasteiger partial charge in [-0.25, -0.2) is 0 Å². The van der Waals surface area contributed by atoms with Gasteiger partial charge in [-0.2, -0.15) is 0 Å². The summed E-state index contributed by atoms with van der Waals surface area (Å²) in [7, 11) is 0. The van der Waals surface area contributed by atoms with Gasteiger partial charge in [0.15, 0.2) is 0 Å². The van der Waals surface area contributed by atoms with Gasteiger partial charge in [-0.1, -0.05) is 35.3 Å². The molecule has 0 aliphatic carbocycles. The molecular formula is C14H15Cl2N3O2. The average Bonchev–Trinajstić information content (AvgIpc) is 2.74. The number of nitrogens with one attached hydrogen (secondary N) is 3. The minimum absolute atomic E-state index is 0.000457. The fourth-order valence-corrected chi connectivity index (χ4v) is 2.27. The standard InChI is InChI=1S/C14H15Cl2N3O2/c1-8-11(15)12(16)13(18-8)14(21)19-10-5-3-2-4-9(10)17-6-7-20/h2-5,17-18,20H,6-7H2,1H3,(H,19,21). The Morgan fingerprint density at radius 1 is 1.24 bits per heavy atom. The number of hydrogen-bond acceptors (Lipinski definition) is 3. The summed E-state index contributed by atoms with van der Waals surface area (Å²) in [6, 6.07) is 7.19. The molecule has 0 bridgehead atoms. The molecule has 0 saturated carbocycles. The van der Waals surface area contributed by atoms with Gasteiger partial charge in [-0.15, -0.1) is 0 Å². The van der Waals surface area contributed by atoms with Crippen molar-refractivity contribution in [1.29, 1.82) is 0 Å². The number of aromatic nitrogens is 1. The first-order valence-corrected chi connectivity index (χ1v) is 7.09. The van der Waals surface area contributed by atoms with Crippen LogP contribution in [0.3, 0.4) is 0 Å². The molecule has 0 unspecified atom stereocenters. The first kappa shape index (κ1) is 15.7. The molecule has 0 atom stereocenters. The van der Waals surface area contributed by atoms with E-state index < -0.39 is 0 Å². The van der Waals surface area contributed by atoms with E-state index in [1.165, 1.54) is 0 Å². The van der Waals surface area contributed by atoms with Crippen molar-refractivity contribution in [3.8, 4) is 0 Å². The number of aromatic amines is 1. The number of amides is 1. The number of halogens is 2. The third kappa shape index (κ3) is 3.50. The van der Waals surface area contributed by atoms with E-state index >= 15 is 0 Å². The number of H-pyrrole nitrogens is 1. The van der Waals surface area contributed by atoms with Crippen LogP contribution in [-0.2, 0) is 0 Å². The van der Waals surface area contributed by atoms with E-state index in [4.69, 9.17) is 28.3 Å². The fraction of sp³-hybridized carbons (Fsp3) is 0.214. The van der Waals surface area contributed by atoms with Crippen LogP contribution in [0, 0.1) is 6.92 Å². The predicted octanol–water partition coefficient (Wildman–Crippen LogP) is 3.29. The number of aliphatic hydroxyl groups is 1. The van der Waals surface area contributed by atoms with Crippen LogP contribution in [0.2, 0.25) is 10.0 Å². The van der Waals surface area contributed by atoms with Crippen molar-refractivity contribution in [3.05, 3.63) is 45.7 Å². The second kappa shape index (κ2) is 6.85. The molecule has 2 rings (SSSR count). The monoisotopic (exact) mass is 327 g/mol. The minimum Gasteiger partial charge on any atom is -0.395 e. The summed E-state index contributed by atoms with van der Waals surface area (Å²) in [5, 5.41) is 15.2. The molecule has 0 aliphatic heterocycles. The maximum atomic E-state index is 12.3. The highest BCUT2D eigenvalue weighted by atomic mass is 35.5. The van der Waals surface area contributed by atoms with Crippen LogP contribution < -0.4 is 10.6 Å². The minimum atomic E-state index is -0.381. The van der Waals surface area contributed by atoms with E-state index in [-0.39, 0.29) is 23.2 Å². The molecular weight excluding hydrogens is 313 g/mol. The summed E-state index contributed by atoms with van der Waals surface area (Å²) >= 11 is 12.0. The molecule has 0 saturated heterocycles. The Labute approximate surface area is 132 Å². The molecule has 1 aromatic heterocycles. The van der Waals surface area contributed by atoms with E-state index in [1.54, 1.807) is 25.1 Å². The van der Waals surface area contributed by atoms with Crippen LogP contribution in [0.15, 0.2) is 24.3 Å². The number of anilines is 2. The Balaban J connectivity index is 2.21. The molecule has 0 aliphatic rings. The molecule has 7 heteroatoms. The van der Waals surface area contributed by atoms with Gasteiger partial charge >= 0.3 is 0 Å². The summed E-state index contributed by atoms with van der Waals surface area (Å²) in [4.78, 5) is 15.1. The van der Waals surface area contributed by atoms with Crippen molar-refractivity contribution in [1.82, 2.24) is 4.98 Å². The van der Waals surface area contributed by atoms with Crippen molar-refractivity contribution in [2.75, 3.05) is 23.8 Å². The number of hydrogen-bond donors (Lipinski definition) is 4. The van der Waals surface area contributed by atoms with Gasteiger partial charge in [0.05, 0.1) is 28.0 Å². The Bertz CT molecular complexity index is 656. The van der Waals surface area contributed by atoms with E-state index in [0.717, 1.165) is 0 Å². The fourth-order valence-electron chi connectivity index (χ4n) is 1.85. The molecule has 5 nitrogen and oxygen atoms in total. The number of aryl methyl sites for hydroxylation is 1. The first-order valence-electron chi connectivity index (χ1n) is 6.33. The molecule has 21 heavy (non-hydrogen) atoms. The maximum Gasteiger partial charge on any atom is 0.273 e. The van der Waals surface area contributed by atoms with Crippen molar-refractivity contribution in [2.45, 2.75) is 6.92 Å². The molecule has 1 amide bonds. The number of carbonyl (C=O) groups is 1. The van der Waals surface area contributed by atoms with Crippen LogP contribution in [0.4, 0.5) is 11.4 Å². The van der Waals surface area contributed by atoms with Gasteiger partial charge in [0.2, 0.25) is 0 Å². The molecule has 112 valence electrons. The molecule has 0 fully saturated rings. The van der Waals surface area contributed by atoms with E-state index in [2.05, 4.69) is 15.6 Å². The number of carbonyl (C=O) groups excluding carboxylic acids is 1. The Morgan fingerprint density at radius 3 is 2.48 bits per heavy atom. The zero-order valence-corrected chi connectivity index (χ0v) is 12.8. The van der Waals surface area contributed by atoms with Gasteiger partial charge in [0.25, 0.3) is 5.91 Å². The molecule has 2 aromatic rings. The van der Waals surface area contributed by atoms with E-state index in [1.807, 2.05) is 6.07 Å². The number of benzene rings is 1. The van der Waals surface area contributed by atoms with Crippen LogP contribution >= 0.6 is 23.2 Å². The van der Waals surface area contributed by atoms with Gasteiger partial charge in [-0.05, 0) is 19.1 Å². The Kier molecular flexibility index (Phi) is 5.12. The Morgan fingerprint density at radius 2 is 1.90 bits per heavy atom. The van der Waals surface area contributed by atoms with Gasteiger partial charge in [0.1, 0.15) is 5.69 Å². The molecule has 0 spiro atoms. The van der Waals surface area contributed by atoms with Crippen LogP contribution in [0.25, 0.3) is 0 Å². The molecule has 0 radical (unpaired) electrons. The SMILES string of the molecule is Cc1[nH]c(C(=O)Nc2ccccc2NCCO)c(Cl)c1Cl. The molecule has 1 heterocycles. The van der Waals surface area contributed by atoms with Crippen molar-refractivity contribution in [2.24, 2.45) is 0 Å². The third-order valence-corrected chi connectivity index (χ3v) is 3.83. The summed E-state index contributed by atoms with van der Waals surface area (Å²) in [5.74, 6) is -0.381. The van der Waals surface area contributed by atoms with Crippen molar-refractivity contribution in [3.63, 3.8) is 0 Å². The quantitative estimate of drug-likeness (QED) is 0.680. The highest BCUT2D eigenvalue weighted by Crippen LogP contribution is 2.30. The van der Waals surface area contributed by atoms with Crippen LogP contribution in [0.5, 0.6) is 0 Å². The summed E-state index contributed by atoms with van der Waals surface area (Å²) in [6.45, 7) is 2.13. The van der Waals surface area contributed by atoms with Crippen molar-refractivity contribution >= 4 is 40.5 Å². The predicted molar refractivity (Wildman–Crippen MR) is 85.5 cm³/mol. The topological polar surface area (TPSA) is 77.2 Å². The second-order valence-corrected chi connectivity index (χ2v) is 5.16. The van der Waals surface area contributed by atoms with Crippen LogP contribution in [-0.4, -0.2) is 29.1 Å². The average molecular weight is 328 g/mol. The van der Waals surface area contributed by atoms with Gasteiger partial charge < -0.3 is 20.7 Å². The van der Waals surface area contributed by atoms with E-state index in [9.17, 15) is 4.79 Å². The second-order valence-electron chi connectivity index (χ2n) is 4.40. The number of para-hydroxylation sites is 2. The zero-order chi connectivity index (χ0) is 15.4. The van der Waals surface area contributed by atoms with Gasteiger partial charge in [-0.3, -0.25) is 4.79 Å². The smallest absolute Gasteiger partial charge is 0.273 e. The number of rotatable bonds is 5. The first-order chi connectivity index (χ1) is 10.0. The third-order valence-electron chi connectivity index (χ3n) is 2.88. The summed E-state index contributed by atoms with van der Waals surface area (Å²) in [6.07, 6.45) is 0. The van der Waals surface area contributed by atoms with Crippen molar-refractivity contribution < 1.29 is 9.90 Å². The summed E-state index contributed by atoms with van der Waals surface area (Å²) < 4.78 is 0.